The summed E-state index contributed by atoms with van der Waals surface area (Å²) in [5.41, 5.74) is 0.826. The highest BCUT2D eigenvalue weighted by Gasteiger charge is 2.25. The predicted octanol–water partition coefficient (Wildman–Crippen LogP) is 2.78. The lowest BCUT2D eigenvalue weighted by molar-refractivity contribution is 0.153. The molecule has 1 aliphatic carbocycles. The lowest BCUT2D eigenvalue weighted by Crippen LogP contribution is -2.47. The summed E-state index contributed by atoms with van der Waals surface area (Å²) >= 11 is 0. The zero-order valence-electron chi connectivity index (χ0n) is 12.5. The fourth-order valence-corrected chi connectivity index (χ4v) is 3.13. The van der Waals surface area contributed by atoms with Crippen molar-refractivity contribution < 1.29 is 14.3 Å². The van der Waals surface area contributed by atoms with Crippen molar-refractivity contribution in [3.05, 3.63) is 36.1 Å². The topological polar surface area (TPSA) is 74.5 Å². The average Bonchev–Trinajstić information content (AvgIpc) is 2.96. The molecule has 0 spiro atoms. The molecule has 2 amide bonds. The SMILES string of the molecule is O=C(NCc1cc2ccccc2o1)NC1CCCCC1CO. The van der Waals surface area contributed by atoms with Gasteiger partial charge in [-0.1, -0.05) is 31.0 Å². The number of furan rings is 1. The van der Waals surface area contributed by atoms with Crippen LogP contribution in [0.4, 0.5) is 4.79 Å². The Morgan fingerprint density at radius 3 is 2.91 bits per heavy atom. The fraction of sp³-hybridized carbons (Fsp3) is 0.471. The van der Waals surface area contributed by atoms with Gasteiger partial charge in [0.25, 0.3) is 0 Å². The van der Waals surface area contributed by atoms with Gasteiger partial charge in [0.05, 0.1) is 6.54 Å². The van der Waals surface area contributed by atoms with E-state index in [4.69, 9.17) is 4.42 Å². The van der Waals surface area contributed by atoms with Gasteiger partial charge < -0.3 is 20.2 Å². The number of amides is 2. The van der Waals surface area contributed by atoms with Crippen LogP contribution in [0.3, 0.4) is 0 Å². The van der Waals surface area contributed by atoms with E-state index in [1.165, 1.54) is 0 Å². The maximum Gasteiger partial charge on any atom is 0.315 e. The van der Waals surface area contributed by atoms with E-state index in [0.717, 1.165) is 42.4 Å². The van der Waals surface area contributed by atoms with Crippen LogP contribution >= 0.6 is 0 Å². The molecule has 0 saturated heterocycles. The number of carbonyl (C=O) groups excluding carboxylic acids is 1. The molecule has 118 valence electrons. The van der Waals surface area contributed by atoms with Gasteiger partial charge in [-0.2, -0.15) is 0 Å². The minimum absolute atomic E-state index is 0.0643. The second kappa shape index (κ2) is 6.83. The average molecular weight is 302 g/mol. The van der Waals surface area contributed by atoms with Crippen LogP contribution in [-0.2, 0) is 6.54 Å². The molecule has 0 radical (unpaired) electrons. The number of nitrogens with one attached hydrogen (secondary N) is 2. The normalized spacial score (nSPS) is 21.7. The number of para-hydroxylation sites is 1. The summed E-state index contributed by atoms with van der Waals surface area (Å²) in [6.07, 6.45) is 4.14. The summed E-state index contributed by atoms with van der Waals surface area (Å²) in [4.78, 5) is 12.0. The Balaban J connectivity index is 1.53. The molecular weight excluding hydrogens is 280 g/mol. The van der Waals surface area contributed by atoms with Crippen molar-refractivity contribution in [1.82, 2.24) is 10.6 Å². The van der Waals surface area contributed by atoms with Crippen molar-refractivity contribution in [3.63, 3.8) is 0 Å². The summed E-state index contributed by atoms with van der Waals surface area (Å²) in [6, 6.07) is 9.57. The molecule has 0 bridgehead atoms. The molecule has 2 aromatic rings. The Bertz CT molecular complexity index is 605. The van der Waals surface area contributed by atoms with Crippen molar-refractivity contribution in [3.8, 4) is 0 Å². The van der Waals surface area contributed by atoms with E-state index < -0.39 is 0 Å². The molecular formula is C17H22N2O3. The van der Waals surface area contributed by atoms with Crippen LogP contribution in [0.25, 0.3) is 11.0 Å². The Hall–Kier alpha value is -2.01. The molecule has 2 unspecified atom stereocenters. The van der Waals surface area contributed by atoms with Crippen LogP contribution in [0.2, 0.25) is 0 Å². The van der Waals surface area contributed by atoms with Crippen LogP contribution in [0.5, 0.6) is 0 Å². The maximum absolute atomic E-state index is 12.0. The van der Waals surface area contributed by atoms with E-state index in [-0.39, 0.29) is 24.6 Å². The van der Waals surface area contributed by atoms with Gasteiger partial charge in [0.1, 0.15) is 11.3 Å². The summed E-state index contributed by atoms with van der Waals surface area (Å²) in [5, 5.41) is 16.2. The van der Waals surface area contributed by atoms with Crippen molar-refractivity contribution in [2.45, 2.75) is 38.3 Å². The Kier molecular flexibility index (Phi) is 4.63. The first-order valence-electron chi connectivity index (χ1n) is 7.89. The first-order chi connectivity index (χ1) is 10.8. The second-order valence-electron chi connectivity index (χ2n) is 5.91. The van der Waals surface area contributed by atoms with E-state index in [2.05, 4.69) is 10.6 Å². The minimum Gasteiger partial charge on any atom is -0.459 e. The lowest BCUT2D eigenvalue weighted by Gasteiger charge is -2.30. The molecule has 5 nitrogen and oxygen atoms in total. The third-order valence-electron chi connectivity index (χ3n) is 4.36. The zero-order chi connectivity index (χ0) is 15.4. The van der Waals surface area contributed by atoms with Gasteiger partial charge in [0.15, 0.2) is 0 Å². The van der Waals surface area contributed by atoms with Gasteiger partial charge in [0.2, 0.25) is 0 Å². The third kappa shape index (κ3) is 3.42. The Labute approximate surface area is 129 Å². The highest BCUT2D eigenvalue weighted by Crippen LogP contribution is 2.24. The number of fused-ring (bicyclic) bond motifs is 1. The van der Waals surface area contributed by atoms with E-state index in [0.29, 0.717) is 6.54 Å². The van der Waals surface area contributed by atoms with Gasteiger partial charge in [-0.15, -0.1) is 0 Å². The van der Waals surface area contributed by atoms with Gasteiger partial charge in [-0.05, 0) is 25.0 Å². The first-order valence-corrected chi connectivity index (χ1v) is 7.89. The monoisotopic (exact) mass is 302 g/mol. The molecule has 1 saturated carbocycles. The molecule has 1 fully saturated rings. The molecule has 1 aromatic carbocycles. The molecule has 3 N–H and O–H groups in total. The number of hydrogen-bond acceptors (Lipinski definition) is 3. The maximum atomic E-state index is 12.0. The summed E-state index contributed by atoms with van der Waals surface area (Å²) < 4.78 is 5.67. The minimum atomic E-state index is -0.203. The Morgan fingerprint density at radius 2 is 2.09 bits per heavy atom. The summed E-state index contributed by atoms with van der Waals surface area (Å²) in [5.74, 6) is 0.907. The Morgan fingerprint density at radius 1 is 1.27 bits per heavy atom. The van der Waals surface area contributed by atoms with E-state index in [1.54, 1.807) is 0 Å². The number of aliphatic hydroxyl groups is 1. The van der Waals surface area contributed by atoms with Crippen LogP contribution < -0.4 is 10.6 Å². The van der Waals surface area contributed by atoms with Gasteiger partial charge in [-0.3, -0.25) is 0 Å². The van der Waals surface area contributed by atoms with Crippen LogP contribution in [0.1, 0.15) is 31.4 Å². The van der Waals surface area contributed by atoms with E-state index in [1.807, 2.05) is 30.3 Å². The van der Waals surface area contributed by atoms with Crippen molar-refractivity contribution >= 4 is 17.0 Å². The van der Waals surface area contributed by atoms with Crippen molar-refractivity contribution in [1.29, 1.82) is 0 Å². The fourth-order valence-electron chi connectivity index (χ4n) is 3.13. The quantitative estimate of drug-likeness (QED) is 0.813. The van der Waals surface area contributed by atoms with Crippen LogP contribution in [0.15, 0.2) is 34.7 Å². The molecule has 1 heterocycles. The van der Waals surface area contributed by atoms with Crippen molar-refractivity contribution in [2.75, 3.05) is 6.61 Å². The van der Waals surface area contributed by atoms with E-state index in [9.17, 15) is 9.90 Å². The van der Waals surface area contributed by atoms with Gasteiger partial charge in [-0.25, -0.2) is 4.79 Å². The van der Waals surface area contributed by atoms with Crippen LogP contribution in [0, 0.1) is 5.92 Å². The number of rotatable bonds is 4. The first kappa shape index (κ1) is 14.9. The van der Waals surface area contributed by atoms with Crippen molar-refractivity contribution in [2.24, 2.45) is 5.92 Å². The molecule has 1 aliphatic rings. The largest absolute Gasteiger partial charge is 0.459 e. The smallest absolute Gasteiger partial charge is 0.315 e. The predicted molar refractivity (Wildman–Crippen MR) is 84.4 cm³/mol. The highest BCUT2D eigenvalue weighted by atomic mass is 16.3. The second-order valence-corrected chi connectivity index (χ2v) is 5.91. The zero-order valence-corrected chi connectivity index (χ0v) is 12.5. The van der Waals surface area contributed by atoms with Crippen LogP contribution in [-0.4, -0.2) is 23.8 Å². The number of urea groups is 1. The highest BCUT2D eigenvalue weighted by molar-refractivity contribution is 5.78. The molecule has 5 heteroatoms. The summed E-state index contributed by atoms with van der Waals surface area (Å²) in [6.45, 7) is 0.492. The molecule has 22 heavy (non-hydrogen) atoms. The standard InChI is InChI=1S/C17H22N2O3/c20-11-13-6-1-3-7-15(13)19-17(21)18-10-14-9-12-5-2-4-8-16(12)22-14/h2,4-5,8-9,13,15,20H,1,3,6-7,10-11H2,(H2,18,19,21). The summed E-state index contributed by atoms with van der Waals surface area (Å²) in [7, 11) is 0. The number of hydrogen-bond donors (Lipinski definition) is 3. The van der Waals surface area contributed by atoms with E-state index >= 15 is 0 Å². The molecule has 2 atom stereocenters. The van der Waals surface area contributed by atoms with Gasteiger partial charge in [0, 0.05) is 24.0 Å². The third-order valence-corrected chi connectivity index (χ3v) is 4.36. The molecule has 3 rings (SSSR count). The lowest BCUT2D eigenvalue weighted by atomic mass is 9.85. The molecule has 1 aromatic heterocycles. The van der Waals surface area contributed by atoms with Gasteiger partial charge >= 0.3 is 6.03 Å². The number of carbonyl (C=O) groups is 1. The molecule has 0 aliphatic heterocycles. The number of benzene rings is 1. The number of aliphatic hydroxyl groups excluding tert-OH is 1.